The molecule has 1 saturated heterocycles. The minimum Gasteiger partial charge on any atom is -0.467 e. The van der Waals surface area contributed by atoms with E-state index in [1.165, 1.54) is 7.11 Å². The number of nitrogens with zero attached hydrogens (tertiary/aromatic N) is 1. The molecule has 12 heteroatoms. The average Bonchev–Trinajstić information content (AvgIpc) is 3.71. The molecule has 12 nitrogen and oxygen atoms in total. The molecule has 3 rings (SSSR count). The largest absolute Gasteiger partial charge is 0.467 e. The predicted molar refractivity (Wildman–Crippen MR) is 173 cm³/mol. The Morgan fingerprint density at radius 3 is 2.21 bits per heavy atom. The second-order valence-corrected chi connectivity index (χ2v) is 14.3. The van der Waals surface area contributed by atoms with Gasteiger partial charge in [-0.25, -0.2) is 19.3 Å². The lowest BCUT2D eigenvalue weighted by Gasteiger charge is -2.38. The molecule has 0 radical (unpaired) electrons. The first-order chi connectivity index (χ1) is 22.1. The molecule has 1 aromatic carbocycles. The lowest BCUT2D eigenvalue weighted by molar-refractivity contribution is -0.150. The van der Waals surface area contributed by atoms with Crippen molar-refractivity contribution in [1.82, 2.24) is 15.5 Å². The summed E-state index contributed by atoms with van der Waals surface area (Å²) < 4.78 is 22.7. The van der Waals surface area contributed by atoms with Crippen molar-refractivity contribution in [3.05, 3.63) is 41.6 Å². The van der Waals surface area contributed by atoms with Crippen molar-refractivity contribution in [3.8, 4) is 0 Å². The highest BCUT2D eigenvalue weighted by Gasteiger charge is 2.48. The molecule has 1 aliphatic carbocycles. The number of hydrogen-bond acceptors (Lipinski definition) is 10. The van der Waals surface area contributed by atoms with Gasteiger partial charge in [-0.15, -0.1) is 0 Å². The summed E-state index contributed by atoms with van der Waals surface area (Å²) in [5.74, 6) is 0.0792. The number of ether oxygens (including phenoxy) is 4. The predicted octanol–water partition coefficient (Wildman–Crippen LogP) is 4.23. The summed E-state index contributed by atoms with van der Waals surface area (Å²) in [7, 11) is 1.24. The van der Waals surface area contributed by atoms with E-state index in [0.29, 0.717) is 38.6 Å². The lowest BCUT2D eigenvalue weighted by atomic mass is 9.78. The SMILES string of the molecule is COC(=O)C(COCc1ccccc1)NC(=O)C1(CC(OC(C)(C)C)C(=C=O)N(C(=O)OC(C)(C)C)C(=O)[C@@H]2CCCN2)CCCC1. The molecule has 3 amide bonds. The number of amides is 3. The molecule has 0 aromatic heterocycles. The number of hydrogen-bond donors (Lipinski definition) is 2. The maximum atomic E-state index is 14.2. The first-order valence-corrected chi connectivity index (χ1v) is 16.3. The van der Waals surface area contributed by atoms with Gasteiger partial charge in [0.05, 0.1) is 37.4 Å². The van der Waals surface area contributed by atoms with Crippen molar-refractivity contribution < 1.29 is 42.9 Å². The molecule has 1 heterocycles. The van der Waals surface area contributed by atoms with Crippen LogP contribution in [0.3, 0.4) is 0 Å². The van der Waals surface area contributed by atoms with Gasteiger partial charge >= 0.3 is 12.1 Å². The highest BCUT2D eigenvalue weighted by atomic mass is 16.6. The Labute approximate surface area is 277 Å². The van der Waals surface area contributed by atoms with Crippen LogP contribution in [-0.2, 0) is 44.7 Å². The summed E-state index contributed by atoms with van der Waals surface area (Å²) in [5.41, 5.74) is -2.37. The lowest BCUT2D eigenvalue weighted by Crippen LogP contribution is -2.53. The minimum atomic E-state index is -1.19. The monoisotopic (exact) mass is 657 g/mol. The molecule has 1 aliphatic heterocycles. The van der Waals surface area contributed by atoms with Crippen LogP contribution in [0.4, 0.5) is 4.79 Å². The van der Waals surface area contributed by atoms with Crippen LogP contribution in [0.2, 0.25) is 0 Å². The topological polar surface area (TPSA) is 150 Å². The Bertz CT molecular complexity index is 1280. The van der Waals surface area contributed by atoms with E-state index in [4.69, 9.17) is 18.9 Å². The van der Waals surface area contributed by atoms with Crippen LogP contribution in [0.5, 0.6) is 0 Å². The quantitative estimate of drug-likeness (QED) is 0.233. The number of carbonyl (C=O) groups excluding carboxylic acids is 5. The first-order valence-electron chi connectivity index (χ1n) is 16.3. The number of esters is 1. The summed E-state index contributed by atoms with van der Waals surface area (Å²) in [6, 6.07) is 7.62. The van der Waals surface area contributed by atoms with E-state index in [0.717, 1.165) is 16.9 Å². The molecule has 2 fully saturated rings. The van der Waals surface area contributed by atoms with E-state index >= 15 is 0 Å². The van der Waals surface area contributed by atoms with Gasteiger partial charge in [0, 0.05) is 0 Å². The molecule has 0 spiro atoms. The van der Waals surface area contributed by atoms with Crippen LogP contribution >= 0.6 is 0 Å². The van der Waals surface area contributed by atoms with Gasteiger partial charge in [0.25, 0.3) is 5.91 Å². The zero-order valence-corrected chi connectivity index (χ0v) is 28.8. The fraction of sp³-hybridized carbons (Fsp3) is 0.657. The molecule has 1 aromatic rings. The van der Waals surface area contributed by atoms with E-state index in [1.54, 1.807) is 41.5 Å². The Hall–Kier alpha value is -3.57. The van der Waals surface area contributed by atoms with Gasteiger partial charge in [-0.3, -0.25) is 9.59 Å². The number of carbonyl (C=O) groups is 4. The van der Waals surface area contributed by atoms with E-state index < -0.39 is 58.7 Å². The smallest absolute Gasteiger partial charge is 0.422 e. The molecule has 2 unspecified atom stereocenters. The molecule has 2 N–H and O–H groups in total. The second kappa shape index (κ2) is 16.5. The average molecular weight is 658 g/mol. The summed E-state index contributed by atoms with van der Waals surface area (Å²) in [6.45, 7) is 11.0. The maximum absolute atomic E-state index is 14.2. The number of methoxy groups -OCH3 is 1. The van der Waals surface area contributed by atoms with Crippen LogP contribution < -0.4 is 10.6 Å². The number of nitrogens with one attached hydrogen (secondary N) is 2. The van der Waals surface area contributed by atoms with Gasteiger partial charge < -0.3 is 29.6 Å². The Balaban J connectivity index is 1.94. The van der Waals surface area contributed by atoms with Gasteiger partial charge in [-0.2, -0.15) is 0 Å². The van der Waals surface area contributed by atoms with Crippen molar-refractivity contribution in [2.75, 3.05) is 20.3 Å². The second-order valence-electron chi connectivity index (χ2n) is 14.3. The maximum Gasteiger partial charge on any atom is 0.422 e. The van der Waals surface area contributed by atoms with Gasteiger partial charge in [-0.1, -0.05) is 43.2 Å². The van der Waals surface area contributed by atoms with E-state index in [2.05, 4.69) is 10.6 Å². The Morgan fingerprint density at radius 2 is 1.68 bits per heavy atom. The molecule has 260 valence electrons. The van der Waals surface area contributed by atoms with Crippen molar-refractivity contribution in [3.63, 3.8) is 0 Å². The van der Waals surface area contributed by atoms with Crippen molar-refractivity contribution in [1.29, 1.82) is 0 Å². The summed E-state index contributed by atoms with van der Waals surface area (Å²) >= 11 is 0. The zero-order valence-electron chi connectivity index (χ0n) is 28.8. The zero-order chi connectivity index (χ0) is 34.8. The molecule has 47 heavy (non-hydrogen) atoms. The van der Waals surface area contributed by atoms with E-state index in [9.17, 15) is 24.0 Å². The van der Waals surface area contributed by atoms with Crippen LogP contribution in [-0.4, -0.2) is 84.4 Å². The Kier molecular flexibility index (Phi) is 13.3. The van der Waals surface area contributed by atoms with E-state index in [1.807, 2.05) is 36.3 Å². The van der Waals surface area contributed by atoms with Crippen LogP contribution in [0.15, 0.2) is 36.0 Å². The fourth-order valence-electron chi connectivity index (χ4n) is 5.96. The number of rotatable bonds is 13. The summed E-state index contributed by atoms with van der Waals surface area (Å²) in [5, 5.41) is 5.91. The molecule has 2 aliphatic rings. The van der Waals surface area contributed by atoms with Crippen molar-refractivity contribution >= 4 is 29.8 Å². The molecule has 1 saturated carbocycles. The highest BCUT2D eigenvalue weighted by molar-refractivity contribution is 5.99. The van der Waals surface area contributed by atoms with Gasteiger partial charge in [0.2, 0.25) is 5.91 Å². The minimum absolute atomic E-state index is 0.0515. The van der Waals surface area contributed by atoms with Crippen LogP contribution in [0.1, 0.15) is 92.1 Å². The number of benzene rings is 1. The highest BCUT2D eigenvalue weighted by Crippen LogP contribution is 2.44. The standard InChI is InChI=1S/C35H51N3O9/c1-33(2,3)46-28(27(21-39)38(32(43)47-34(4,5)6)29(40)25-16-13-19-36-25)20-35(17-11-12-18-35)31(42)37-26(30(41)44-7)23-45-22-24-14-9-8-10-15-24/h8-10,14-15,25-26,28,36H,11-13,16-20,22-23H2,1-7H3,(H,37,42)/t25-,26?,28?/m0/s1. The molecule has 0 bridgehead atoms. The number of imide groups is 1. The third-order valence-corrected chi connectivity index (χ3v) is 8.11. The fourth-order valence-corrected chi connectivity index (χ4v) is 5.96. The van der Waals surface area contributed by atoms with Gasteiger partial charge in [0.1, 0.15) is 23.3 Å². The summed E-state index contributed by atoms with van der Waals surface area (Å²) in [4.78, 5) is 67.9. The first kappa shape index (κ1) is 37.9. The van der Waals surface area contributed by atoms with Gasteiger partial charge in [0.15, 0.2) is 6.04 Å². The van der Waals surface area contributed by atoms with Crippen LogP contribution in [0, 0.1) is 5.41 Å². The molecular formula is C35H51N3O9. The third kappa shape index (κ3) is 11.0. The third-order valence-electron chi connectivity index (χ3n) is 8.11. The molecule has 3 atom stereocenters. The summed E-state index contributed by atoms with van der Waals surface area (Å²) in [6.07, 6.45) is 1.21. The Morgan fingerprint density at radius 1 is 1.02 bits per heavy atom. The van der Waals surface area contributed by atoms with E-state index in [-0.39, 0.29) is 25.3 Å². The van der Waals surface area contributed by atoms with Crippen molar-refractivity contribution in [2.24, 2.45) is 5.41 Å². The molecular weight excluding hydrogens is 606 g/mol. The normalized spacial score (nSPS) is 18.8. The van der Waals surface area contributed by atoms with Crippen molar-refractivity contribution in [2.45, 2.75) is 122 Å². The van der Waals surface area contributed by atoms with Gasteiger partial charge in [-0.05, 0) is 85.8 Å². The van der Waals surface area contributed by atoms with Crippen LogP contribution in [0.25, 0.3) is 0 Å².